The van der Waals surface area contributed by atoms with Crippen LogP contribution in [0, 0.1) is 23.2 Å². The third-order valence-corrected chi connectivity index (χ3v) is 7.20. The smallest absolute Gasteiger partial charge is 0.234 e. The highest BCUT2D eigenvalue weighted by Crippen LogP contribution is 2.61. The normalized spacial score (nSPS) is 42.3. The summed E-state index contributed by atoms with van der Waals surface area (Å²) in [5, 5.41) is 3.40. The van der Waals surface area contributed by atoms with Gasteiger partial charge in [0.2, 0.25) is 5.91 Å². The number of amides is 1. The number of carbonyl (C=O) groups excluding carboxylic acids is 1. The average Bonchev–Trinajstić information content (AvgIpc) is 2.46. The molecule has 4 aliphatic carbocycles. The van der Waals surface area contributed by atoms with E-state index in [1.54, 1.807) is 0 Å². The minimum absolute atomic E-state index is 0.269. The first-order chi connectivity index (χ1) is 10.6. The summed E-state index contributed by atoms with van der Waals surface area (Å²) in [6.07, 6.45) is 12.4. The molecule has 5 aliphatic rings. The van der Waals surface area contributed by atoms with Crippen molar-refractivity contribution in [2.24, 2.45) is 23.2 Å². The van der Waals surface area contributed by atoms with E-state index >= 15 is 0 Å². The third kappa shape index (κ3) is 2.81. The van der Waals surface area contributed by atoms with Gasteiger partial charge in [0.25, 0.3) is 0 Å². The molecule has 0 spiro atoms. The molecule has 22 heavy (non-hydrogen) atoms. The Morgan fingerprint density at radius 2 is 1.59 bits per heavy atom. The molecule has 0 radical (unpaired) electrons. The Labute approximate surface area is 135 Å². The van der Waals surface area contributed by atoms with Crippen LogP contribution in [0.2, 0.25) is 0 Å². The maximum atomic E-state index is 12.5. The zero-order valence-electron chi connectivity index (χ0n) is 14.2. The van der Waals surface area contributed by atoms with Crippen molar-refractivity contribution >= 4 is 5.91 Å². The predicted octanol–water partition coefficient (Wildman–Crippen LogP) is 3.19. The van der Waals surface area contributed by atoms with E-state index in [0.29, 0.717) is 18.0 Å². The van der Waals surface area contributed by atoms with Gasteiger partial charge in [-0.1, -0.05) is 6.42 Å². The second-order valence-electron chi connectivity index (χ2n) is 8.91. The first-order valence-electron chi connectivity index (χ1n) is 9.65. The Balaban J connectivity index is 1.35. The van der Waals surface area contributed by atoms with Crippen LogP contribution in [-0.4, -0.2) is 36.5 Å². The molecule has 124 valence electrons. The van der Waals surface area contributed by atoms with E-state index in [2.05, 4.69) is 17.1 Å². The molecule has 0 aromatic rings. The van der Waals surface area contributed by atoms with Gasteiger partial charge in [-0.25, -0.2) is 0 Å². The van der Waals surface area contributed by atoms with E-state index in [9.17, 15) is 4.79 Å². The number of likely N-dealkylation sites (tertiary alicyclic amines) is 1. The largest absolute Gasteiger partial charge is 0.352 e. The van der Waals surface area contributed by atoms with Crippen LogP contribution in [0.3, 0.4) is 0 Å². The molecule has 0 unspecified atom stereocenters. The van der Waals surface area contributed by atoms with Crippen LogP contribution in [0.25, 0.3) is 0 Å². The van der Waals surface area contributed by atoms with Crippen molar-refractivity contribution in [1.29, 1.82) is 0 Å². The van der Waals surface area contributed by atoms with Crippen LogP contribution in [0.15, 0.2) is 0 Å². The SMILES string of the molecule is C[C@H](NC(=O)CN1CCCCC1)C12CC3CC(CC(C3)C1)C2. The summed E-state index contributed by atoms with van der Waals surface area (Å²) in [6, 6.07) is 0.373. The fraction of sp³-hybridized carbons (Fsp3) is 0.947. The van der Waals surface area contributed by atoms with E-state index < -0.39 is 0 Å². The number of carbonyl (C=O) groups is 1. The summed E-state index contributed by atoms with van der Waals surface area (Å²) in [5.74, 6) is 3.17. The first kappa shape index (κ1) is 15.0. The summed E-state index contributed by atoms with van der Waals surface area (Å²) in [7, 11) is 0. The highest BCUT2D eigenvalue weighted by atomic mass is 16.2. The van der Waals surface area contributed by atoms with E-state index in [4.69, 9.17) is 0 Å². The fourth-order valence-corrected chi connectivity index (χ4v) is 6.47. The van der Waals surface area contributed by atoms with Crippen LogP contribution in [0.4, 0.5) is 0 Å². The van der Waals surface area contributed by atoms with Crippen molar-refractivity contribution < 1.29 is 4.79 Å². The minimum atomic E-state index is 0.269. The molecule has 1 aliphatic heterocycles. The number of piperidine rings is 1. The Bertz CT molecular complexity index is 392. The molecule has 3 nitrogen and oxygen atoms in total. The Hall–Kier alpha value is -0.570. The van der Waals surface area contributed by atoms with Gasteiger partial charge in [0.15, 0.2) is 0 Å². The van der Waals surface area contributed by atoms with E-state index in [0.717, 1.165) is 30.8 Å². The lowest BCUT2D eigenvalue weighted by Gasteiger charge is -2.59. The van der Waals surface area contributed by atoms with Gasteiger partial charge in [-0.3, -0.25) is 9.69 Å². The lowest BCUT2D eigenvalue weighted by atomic mass is 9.48. The zero-order valence-corrected chi connectivity index (χ0v) is 14.2. The van der Waals surface area contributed by atoms with Crippen molar-refractivity contribution in [3.05, 3.63) is 0 Å². The lowest BCUT2D eigenvalue weighted by molar-refractivity contribution is -0.127. The van der Waals surface area contributed by atoms with Gasteiger partial charge < -0.3 is 5.32 Å². The molecule has 1 saturated heterocycles. The summed E-state index contributed by atoms with van der Waals surface area (Å²) in [5.41, 5.74) is 0.437. The Morgan fingerprint density at radius 3 is 2.14 bits per heavy atom. The van der Waals surface area contributed by atoms with Gasteiger partial charge in [-0.2, -0.15) is 0 Å². The van der Waals surface area contributed by atoms with Gasteiger partial charge in [-0.15, -0.1) is 0 Å². The van der Waals surface area contributed by atoms with Gasteiger partial charge >= 0.3 is 0 Å². The molecule has 0 aromatic carbocycles. The summed E-state index contributed by atoms with van der Waals surface area (Å²) >= 11 is 0. The molecule has 4 bridgehead atoms. The maximum Gasteiger partial charge on any atom is 0.234 e. The van der Waals surface area contributed by atoms with Crippen molar-refractivity contribution in [3.8, 4) is 0 Å². The van der Waals surface area contributed by atoms with Crippen molar-refractivity contribution in [2.45, 2.75) is 70.8 Å². The highest BCUT2D eigenvalue weighted by Gasteiger charge is 2.53. The molecule has 4 saturated carbocycles. The molecule has 1 N–H and O–H groups in total. The molecule has 5 rings (SSSR count). The predicted molar refractivity (Wildman–Crippen MR) is 88.5 cm³/mol. The fourth-order valence-electron chi connectivity index (χ4n) is 6.47. The van der Waals surface area contributed by atoms with Gasteiger partial charge in [0.1, 0.15) is 0 Å². The standard InChI is InChI=1S/C19H32N2O/c1-14(20-18(22)13-21-5-3-2-4-6-21)19-10-15-7-16(11-19)9-17(8-15)12-19/h14-17H,2-13H2,1H3,(H,20,22)/t14-,15?,16?,17?,19?/m0/s1. The number of hydrogen-bond acceptors (Lipinski definition) is 2. The van der Waals surface area contributed by atoms with Crippen LogP contribution >= 0.6 is 0 Å². The number of nitrogens with zero attached hydrogens (tertiary/aromatic N) is 1. The lowest BCUT2D eigenvalue weighted by Crippen LogP contribution is -2.56. The molecular weight excluding hydrogens is 272 g/mol. The van der Waals surface area contributed by atoms with Crippen LogP contribution in [-0.2, 0) is 4.79 Å². The Kier molecular flexibility index (Phi) is 3.96. The molecule has 0 aromatic heterocycles. The van der Waals surface area contributed by atoms with Gasteiger partial charge in [0, 0.05) is 6.04 Å². The van der Waals surface area contributed by atoms with Crippen LogP contribution < -0.4 is 5.32 Å². The van der Waals surface area contributed by atoms with E-state index in [1.807, 2.05) is 0 Å². The van der Waals surface area contributed by atoms with Crippen LogP contribution in [0.1, 0.15) is 64.7 Å². The van der Waals surface area contributed by atoms with Gasteiger partial charge in [-0.05, 0) is 94.5 Å². The molecule has 1 heterocycles. The first-order valence-corrected chi connectivity index (χ1v) is 9.65. The minimum Gasteiger partial charge on any atom is -0.352 e. The zero-order chi connectivity index (χ0) is 15.2. The quantitative estimate of drug-likeness (QED) is 0.865. The number of hydrogen-bond donors (Lipinski definition) is 1. The Morgan fingerprint density at radius 1 is 1.05 bits per heavy atom. The van der Waals surface area contributed by atoms with E-state index in [-0.39, 0.29) is 5.91 Å². The summed E-state index contributed by atoms with van der Waals surface area (Å²) in [6.45, 7) is 5.14. The summed E-state index contributed by atoms with van der Waals surface area (Å²) in [4.78, 5) is 14.8. The topological polar surface area (TPSA) is 32.3 Å². The highest BCUT2D eigenvalue weighted by molar-refractivity contribution is 5.78. The summed E-state index contributed by atoms with van der Waals surface area (Å²) < 4.78 is 0. The third-order valence-electron chi connectivity index (χ3n) is 7.20. The maximum absolute atomic E-state index is 12.5. The second kappa shape index (κ2) is 5.81. The molecule has 1 atom stereocenters. The molecule has 5 fully saturated rings. The van der Waals surface area contributed by atoms with Crippen molar-refractivity contribution in [3.63, 3.8) is 0 Å². The number of rotatable bonds is 4. The molecule has 1 amide bonds. The second-order valence-corrected chi connectivity index (χ2v) is 8.91. The van der Waals surface area contributed by atoms with Gasteiger partial charge in [0.05, 0.1) is 6.54 Å². The van der Waals surface area contributed by atoms with Crippen molar-refractivity contribution in [1.82, 2.24) is 10.2 Å². The van der Waals surface area contributed by atoms with E-state index in [1.165, 1.54) is 57.8 Å². The molecule has 3 heteroatoms. The number of nitrogens with one attached hydrogen (secondary N) is 1. The van der Waals surface area contributed by atoms with Crippen LogP contribution in [0.5, 0.6) is 0 Å². The monoisotopic (exact) mass is 304 g/mol. The molecular formula is C19H32N2O. The average molecular weight is 304 g/mol. The van der Waals surface area contributed by atoms with Crippen molar-refractivity contribution in [2.75, 3.05) is 19.6 Å².